The van der Waals surface area contributed by atoms with E-state index >= 15 is 0 Å². The van der Waals surface area contributed by atoms with Crippen LogP contribution in [0.5, 0.6) is 0 Å². The van der Waals surface area contributed by atoms with E-state index in [2.05, 4.69) is 15.6 Å². The first kappa shape index (κ1) is 12.3. The summed E-state index contributed by atoms with van der Waals surface area (Å²) in [6.45, 7) is 1.93. The third-order valence-corrected chi connectivity index (χ3v) is 3.83. The van der Waals surface area contributed by atoms with Crippen molar-refractivity contribution in [3.63, 3.8) is 0 Å². The van der Waals surface area contributed by atoms with Crippen LogP contribution < -0.4 is 10.6 Å². The second kappa shape index (κ2) is 5.01. The molecule has 2 N–H and O–H groups in total. The standard InChI is InChI=1S/C11H17N3O2S/c1-17(15,16)11-5-4-10(8-14-11)13-7-9-3-2-6-12-9/h4-5,8-9,12-13H,2-3,6-7H2,1H3. The van der Waals surface area contributed by atoms with Gasteiger partial charge in [0.15, 0.2) is 14.9 Å². The molecule has 1 unspecified atom stereocenters. The van der Waals surface area contributed by atoms with E-state index in [0.717, 1.165) is 25.0 Å². The van der Waals surface area contributed by atoms with Gasteiger partial charge in [-0.05, 0) is 31.5 Å². The molecule has 5 nitrogen and oxygen atoms in total. The van der Waals surface area contributed by atoms with Crippen LogP contribution in [0.4, 0.5) is 5.69 Å². The average Bonchev–Trinajstić information content (AvgIpc) is 2.78. The van der Waals surface area contributed by atoms with Crippen LogP contribution in [-0.2, 0) is 9.84 Å². The normalized spacial score (nSPS) is 20.4. The molecule has 0 bridgehead atoms. The molecular formula is C11H17N3O2S. The summed E-state index contributed by atoms with van der Waals surface area (Å²) in [6, 6.07) is 3.78. The van der Waals surface area contributed by atoms with Crippen molar-refractivity contribution < 1.29 is 8.42 Å². The summed E-state index contributed by atoms with van der Waals surface area (Å²) in [5.74, 6) is 0. The first-order chi connectivity index (χ1) is 8.05. The molecule has 1 aromatic heterocycles. The zero-order valence-electron chi connectivity index (χ0n) is 9.81. The number of pyridine rings is 1. The highest BCUT2D eigenvalue weighted by molar-refractivity contribution is 7.90. The van der Waals surface area contributed by atoms with Crippen molar-refractivity contribution in [2.45, 2.75) is 23.9 Å². The number of rotatable bonds is 4. The van der Waals surface area contributed by atoms with Gasteiger partial charge in [-0.15, -0.1) is 0 Å². The molecule has 0 saturated carbocycles. The van der Waals surface area contributed by atoms with Gasteiger partial charge in [0.1, 0.15) is 0 Å². The van der Waals surface area contributed by atoms with Crippen molar-refractivity contribution in [3.8, 4) is 0 Å². The minimum Gasteiger partial charge on any atom is -0.382 e. The Morgan fingerprint density at radius 1 is 1.53 bits per heavy atom. The third kappa shape index (κ3) is 3.41. The molecular weight excluding hydrogens is 238 g/mol. The predicted octanol–water partition coefficient (Wildman–Crippen LogP) is 0.649. The monoisotopic (exact) mass is 255 g/mol. The van der Waals surface area contributed by atoms with E-state index in [1.54, 1.807) is 12.3 Å². The van der Waals surface area contributed by atoms with Crippen LogP contribution in [-0.4, -0.2) is 38.8 Å². The van der Waals surface area contributed by atoms with Crippen molar-refractivity contribution in [3.05, 3.63) is 18.3 Å². The lowest BCUT2D eigenvalue weighted by molar-refractivity contribution is 0.598. The zero-order valence-corrected chi connectivity index (χ0v) is 10.6. The molecule has 94 valence electrons. The molecule has 6 heteroatoms. The first-order valence-electron chi connectivity index (χ1n) is 5.69. The topological polar surface area (TPSA) is 71.1 Å². The second-order valence-electron chi connectivity index (χ2n) is 4.33. The quantitative estimate of drug-likeness (QED) is 0.826. The summed E-state index contributed by atoms with van der Waals surface area (Å²) < 4.78 is 22.4. The van der Waals surface area contributed by atoms with Crippen LogP contribution in [0, 0.1) is 0 Å². The van der Waals surface area contributed by atoms with Crippen molar-refractivity contribution in [2.24, 2.45) is 0 Å². The van der Waals surface area contributed by atoms with Gasteiger partial charge >= 0.3 is 0 Å². The van der Waals surface area contributed by atoms with Gasteiger partial charge < -0.3 is 10.6 Å². The van der Waals surface area contributed by atoms with Gasteiger partial charge in [0.05, 0.1) is 11.9 Å². The van der Waals surface area contributed by atoms with Gasteiger partial charge in [0, 0.05) is 18.8 Å². The molecule has 1 atom stereocenters. The molecule has 2 rings (SSSR count). The Hall–Kier alpha value is -1.14. The van der Waals surface area contributed by atoms with Gasteiger partial charge in [-0.25, -0.2) is 13.4 Å². The Morgan fingerprint density at radius 3 is 2.88 bits per heavy atom. The lowest BCUT2D eigenvalue weighted by atomic mass is 10.2. The van der Waals surface area contributed by atoms with E-state index in [-0.39, 0.29) is 5.03 Å². The highest BCUT2D eigenvalue weighted by Crippen LogP contribution is 2.11. The Balaban J connectivity index is 1.94. The molecule has 1 saturated heterocycles. The highest BCUT2D eigenvalue weighted by atomic mass is 32.2. The van der Waals surface area contributed by atoms with E-state index in [1.165, 1.54) is 18.9 Å². The first-order valence-corrected chi connectivity index (χ1v) is 7.58. The summed E-state index contributed by atoms with van der Waals surface area (Å²) in [6.07, 6.45) is 5.12. The van der Waals surface area contributed by atoms with E-state index in [9.17, 15) is 8.42 Å². The fourth-order valence-electron chi connectivity index (χ4n) is 1.88. The Bertz CT molecular complexity index is 464. The van der Waals surface area contributed by atoms with Crippen molar-refractivity contribution in [2.75, 3.05) is 24.7 Å². The molecule has 2 heterocycles. The number of hydrogen-bond donors (Lipinski definition) is 2. The van der Waals surface area contributed by atoms with Crippen molar-refractivity contribution in [1.82, 2.24) is 10.3 Å². The maximum Gasteiger partial charge on any atom is 0.192 e. The average molecular weight is 255 g/mol. The number of hydrogen-bond acceptors (Lipinski definition) is 5. The smallest absolute Gasteiger partial charge is 0.192 e. The fourth-order valence-corrected chi connectivity index (χ4v) is 2.44. The van der Waals surface area contributed by atoms with E-state index in [4.69, 9.17) is 0 Å². The van der Waals surface area contributed by atoms with Gasteiger partial charge in [-0.1, -0.05) is 0 Å². The summed E-state index contributed by atoms with van der Waals surface area (Å²) >= 11 is 0. The Kier molecular flexibility index (Phi) is 3.63. The minimum absolute atomic E-state index is 0.113. The molecule has 0 aromatic carbocycles. The SMILES string of the molecule is CS(=O)(=O)c1ccc(NCC2CCCN2)cn1. The predicted molar refractivity (Wildman–Crippen MR) is 66.9 cm³/mol. The van der Waals surface area contributed by atoms with E-state index in [1.807, 2.05) is 0 Å². The molecule has 1 aromatic rings. The molecule has 1 aliphatic heterocycles. The molecule has 0 radical (unpaired) electrons. The molecule has 0 spiro atoms. The molecule has 0 amide bonds. The maximum atomic E-state index is 11.2. The third-order valence-electron chi connectivity index (χ3n) is 2.83. The van der Waals surface area contributed by atoms with Crippen LogP contribution in [0.2, 0.25) is 0 Å². The highest BCUT2D eigenvalue weighted by Gasteiger charge is 2.13. The van der Waals surface area contributed by atoms with Gasteiger partial charge in [-0.3, -0.25) is 0 Å². The molecule has 0 aliphatic carbocycles. The number of nitrogens with one attached hydrogen (secondary N) is 2. The van der Waals surface area contributed by atoms with Crippen LogP contribution in [0.15, 0.2) is 23.4 Å². The maximum absolute atomic E-state index is 11.2. The summed E-state index contributed by atoms with van der Waals surface area (Å²) in [5, 5.41) is 6.74. The van der Waals surface area contributed by atoms with Gasteiger partial charge in [0.25, 0.3) is 0 Å². The van der Waals surface area contributed by atoms with E-state index < -0.39 is 9.84 Å². The number of nitrogens with zero attached hydrogens (tertiary/aromatic N) is 1. The Labute approximate surface area is 102 Å². The van der Waals surface area contributed by atoms with Crippen LogP contribution in [0.25, 0.3) is 0 Å². The van der Waals surface area contributed by atoms with Crippen LogP contribution in [0.3, 0.4) is 0 Å². The largest absolute Gasteiger partial charge is 0.382 e. The summed E-state index contributed by atoms with van der Waals surface area (Å²) in [4.78, 5) is 3.92. The van der Waals surface area contributed by atoms with Crippen LogP contribution in [0.1, 0.15) is 12.8 Å². The van der Waals surface area contributed by atoms with Gasteiger partial charge in [-0.2, -0.15) is 0 Å². The minimum atomic E-state index is -3.20. The fraction of sp³-hybridized carbons (Fsp3) is 0.545. The number of anilines is 1. The molecule has 17 heavy (non-hydrogen) atoms. The molecule has 1 aliphatic rings. The number of sulfone groups is 1. The second-order valence-corrected chi connectivity index (χ2v) is 6.29. The van der Waals surface area contributed by atoms with Crippen LogP contribution >= 0.6 is 0 Å². The summed E-state index contributed by atoms with van der Waals surface area (Å²) in [7, 11) is -3.20. The van der Waals surface area contributed by atoms with Gasteiger partial charge in [0.2, 0.25) is 0 Å². The summed E-state index contributed by atoms with van der Waals surface area (Å²) in [5.41, 5.74) is 0.853. The Morgan fingerprint density at radius 2 is 2.35 bits per heavy atom. The van der Waals surface area contributed by atoms with Crippen molar-refractivity contribution in [1.29, 1.82) is 0 Å². The van der Waals surface area contributed by atoms with E-state index in [0.29, 0.717) is 6.04 Å². The zero-order chi connectivity index (χ0) is 12.3. The lowest BCUT2D eigenvalue weighted by Crippen LogP contribution is -2.29. The lowest BCUT2D eigenvalue weighted by Gasteiger charge is -2.12. The number of aromatic nitrogens is 1. The van der Waals surface area contributed by atoms with Crippen molar-refractivity contribution >= 4 is 15.5 Å². The molecule has 1 fully saturated rings.